The van der Waals surface area contributed by atoms with Crippen LogP contribution < -0.4 is 0 Å². The monoisotopic (exact) mass is 956 g/mol. The minimum absolute atomic E-state index is 0.0348. The number of esters is 1. The first-order valence-corrected chi connectivity index (χ1v) is 24.4. The number of ketones is 1. The molecule has 19 heteroatoms. The number of fused-ring (bicyclic) bond motifs is 5. The number of carbonyl (C=O) groups excluding carboxylic acids is 2. The van der Waals surface area contributed by atoms with Crippen LogP contribution in [-0.4, -0.2) is 182 Å². The zero-order valence-electron chi connectivity index (χ0n) is 40.4. The minimum atomic E-state index is -2.00. The molecule has 4 aliphatic carbocycles. The van der Waals surface area contributed by atoms with Gasteiger partial charge in [0.25, 0.3) is 0 Å². The molecule has 0 aromatic rings. The zero-order chi connectivity index (χ0) is 48.8. The molecule has 0 aromatic heterocycles. The molecule has 8 aliphatic rings. The fraction of sp³-hybridized carbons (Fsp3) is 0.917. The van der Waals surface area contributed by atoms with E-state index in [0.29, 0.717) is 19.3 Å². The Kier molecular flexibility index (Phi) is 14.6. The van der Waals surface area contributed by atoms with Gasteiger partial charge in [0.1, 0.15) is 47.3 Å². The van der Waals surface area contributed by atoms with Gasteiger partial charge in [0.05, 0.1) is 60.4 Å². The maximum atomic E-state index is 13.0. The molecule has 4 aliphatic heterocycles. The third-order valence-corrected chi connectivity index (χ3v) is 17.6. The summed E-state index contributed by atoms with van der Waals surface area (Å²) in [5.74, 6) is -1.71. The van der Waals surface area contributed by atoms with Crippen molar-refractivity contribution < 1.29 is 92.7 Å². The lowest BCUT2D eigenvalue weighted by molar-refractivity contribution is -0.344. The van der Waals surface area contributed by atoms with Crippen LogP contribution in [0.15, 0.2) is 11.6 Å². The molecule has 24 atom stereocenters. The summed E-state index contributed by atoms with van der Waals surface area (Å²) in [6.07, 6.45) is -9.38. The number of Topliss-reactive ketones (excluding diaryl/α,β-unsaturated/α-hetero) is 1. The Morgan fingerprint density at radius 3 is 1.64 bits per heavy atom. The molecule has 67 heavy (non-hydrogen) atoms. The first kappa shape index (κ1) is 51.6. The Labute approximate surface area is 392 Å². The van der Waals surface area contributed by atoms with Crippen LogP contribution in [0.25, 0.3) is 0 Å². The quantitative estimate of drug-likeness (QED) is 0.114. The first-order valence-electron chi connectivity index (χ1n) is 24.4. The summed E-state index contributed by atoms with van der Waals surface area (Å²) in [7, 11) is 1.51. The predicted octanol–water partition coefficient (Wildman–Crippen LogP) is 1.58. The molecule has 0 bridgehead atoms. The standard InChI is InChI=1S/C48H76O19/c1-22-40(54)33(58-9)20-39(59-22)67-43-25(4)62-38(19-32(43)53)66-42-24(3)61-37(18-31(42)52)65-41-23(2)60-36(17-30(41)51)64-29-11-12-44(7)28(16-29)10-13-47(56)34(44)21-35(63-27(6)50)45(8)46(55,26(5)49)14-15-48(45,47)57/h10,22-25,29-43,51-57H,11-21H2,1-9H3. The first-order chi connectivity index (χ1) is 31.4. The van der Waals surface area contributed by atoms with Crippen LogP contribution in [0.2, 0.25) is 0 Å². The summed E-state index contributed by atoms with van der Waals surface area (Å²) >= 11 is 0. The van der Waals surface area contributed by atoms with Crippen LogP contribution in [-0.2, 0) is 57.0 Å². The van der Waals surface area contributed by atoms with E-state index in [-0.39, 0.29) is 57.5 Å². The number of aliphatic hydroxyl groups excluding tert-OH is 4. The highest BCUT2D eigenvalue weighted by atomic mass is 16.8. The van der Waals surface area contributed by atoms with E-state index < -0.39 is 150 Å². The Morgan fingerprint density at radius 2 is 1.16 bits per heavy atom. The van der Waals surface area contributed by atoms with Gasteiger partial charge in [-0.25, -0.2) is 0 Å². The molecule has 4 saturated heterocycles. The van der Waals surface area contributed by atoms with Crippen LogP contribution in [0.4, 0.5) is 0 Å². The molecule has 4 heterocycles. The molecular weight excluding hydrogens is 881 g/mol. The fourth-order valence-corrected chi connectivity index (χ4v) is 13.7. The van der Waals surface area contributed by atoms with Gasteiger partial charge in [-0.2, -0.15) is 0 Å². The van der Waals surface area contributed by atoms with E-state index in [4.69, 9.17) is 47.4 Å². The van der Waals surface area contributed by atoms with Crippen LogP contribution >= 0.6 is 0 Å². The van der Waals surface area contributed by atoms with E-state index in [2.05, 4.69) is 6.92 Å². The van der Waals surface area contributed by atoms with Gasteiger partial charge in [0, 0.05) is 45.6 Å². The minimum Gasteiger partial charge on any atom is -0.462 e. The summed E-state index contributed by atoms with van der Waals surface area (Å²) in [6.45, 7) is 13.2. The van der Waals surface area contributed by atoms with E-state index in [1.165, 1.54) is 21.0 Å². The van der Waals surface area contributed by atoms with E-state index in [0.717, 1.165) is 5.57 Å². The van der Waals surface area contributed by atoms with Crippen molar-refractivity contribution in [3.63, 3.8) is 0 Å². The highest BCUT2D eigenvalue weighted by Gasteiger charge is 2.81. The average Bonchev–Trinajstić information content (AvgIpc) is 3.48. The molecule has 7 N–H and O–H groups in total. The third kappa shape index (κ3) is 8.79. The lowest BCUT2D eigenvalue weighted by Crippen LogP contribution is -2.78. The van der Waals surface area contributed by atoms with E-state index in [1.807, 2.05) is 6.08 Å². The van der Waals surface area contributed by atoms with Gasteiger partial charge in [0.15, 0.2) is 30.9 Å². The van der Waals surface area contributed by atoms with E-state index >= 15 is 0 Å². The third-order valence-electron chi connectivity index (χ3n) is 17.6. The molecular formula is C48H76O19. The maximum Gasteiger partial charge on any atom is 0.302 e. The number of methoxy groups -OCH3 is 1. The summed E-state index contributed by atoms with van der Waals surface area (Å²) in [4.78, 5) is 25.5. The molecule has 0 spiro atoms. The van der Waals surface area contributed by atoms with E-state index in [9.17, 15) is 45.3 Å². The second-order valence-electron chi connectivity index (χ2n) is 21.4. The molecule has 0 radical (unpaired) electrons. The second kappa shape index (κ2) is 19.0. The van der Waals surface area contributed by atoms with Gasteiger partial charge in [-0.3, -0.25) is 9.59 Å². The van der Waals surface area contributed by atoms with Crippen molar-refractivity contribution in [3.8, 4) is 0 Å². The molecule has 7 fully saturated rings. The number of hydrogen-bond acceptors (Lipinski definition) is 19. The summed E-state index contributed by atoms with van der Waals surface area (Å²) < 4.78 is 60.7. The van der Waals surface area contributed by atoms with Crippen LogP contribution in [0.3, 0.4) is 0 Å². The Hall–Kier alpha value is -1.76. The van der Waals surface area contributed by atoms with Crippen molar-refractivity contribution in [3.05, 3.63) is 11.6 Å². The molecule has 3 saturated carbocycles. The lowest BCUT2D eigenvalue weighted by Gasteiger charge is -2.67. The van der Waals surface area contributed by atoms with Crippen LogP contribution in [0.5, 0.6) is 0 Å². The Balaban J connectivity index is 0.834. The van der Waals surface area contributed by atoms with Crippen molar-refractivity contribution >= 4 is 11.8 Å². The number of carbonyl (C=O) groups is 2. The SMILES string of the molecule is COC1CC(OC2C(O)CC(OC3C(O)CC(OC4C(O)CC(OC5CCC6(C)C(=CCC7(O)C6CC(OC(C)=O)C6(C)C(O)(C(C)=O)CCC76O)C5)OC4C)OC3C)OC2C)OC(C)C1O. The molecule has 0 aromatic carbocycles. The lowest BCUT2D eigenvalue weighted by atomic mass is 9.42. The predicted molar refractivity (Wildman–Crippen MR) is 231 cm³/mol. The van der Waals surface area contributed by atoms with Crippen molar-refractivity contribution in [2.75, 3.05) is 7.11 Å². The van der Waals surface area contributed by atoms with Crippen molar-refractivity contribution in [2.45, 2.75) is 253 Å². The van der Waals surface area contributed by atoms with Gasteiger partial charge >= 0.3 is 5.97 Å². The molecule has 24 unspecified atom stereocenters. The second-order valence-corrected chi connectivity index (χ2v) is 21.4. The molecule has 19 nitrogen and oxygen atoms in total. The van der Waals surface area contributed by atoms with Gasteiger partial charge in [-0.05, 0) is 91.9 Å². The van der Waals surface area contributed by atoms with Crippen LogP contribution in [0, 0.1) is 16.7 Å². The summed E-state index contributed by atoms with van der Waals surface area (Å²) in [5, 5.41) is 81.2. The summed E-state index contributed by atoms with van der Waals surface area (Å²) in [6, 6.07) is 0. The zero-order valence-corrected chi connectivity index (χ0v) is 40.4. The van der Waals surface area contributed by atoms with Gasteiger partial charge in [0.2, 0.25) is 0 Å². The van der Waals surface area contributed by atoms with Gasteiger partial charge in [-0.1, -0.05) is 18.6 Å². The smallest absolute Gasteiger partial charge is 0.302 e. The highest BCUT2D eigenvalue weighted by molar-refractivity contribution is 5.87. The van der Waals surface area contributed by atoms with Gasteiger partial charge in [-0.15, -0.1) is 0 Å². The Bertz CT molecular complexity index is 1800. The molecule has 0 amide bonds. The Morgan fingerprint density at radius 1 is 0.672 bits per heavy atom. The topological polar surface area (TPSA) is 268 Å². The largest absolute Gasteiger partial charge is 0.462 e. The van der Waals surface area contributed by atoms with Crippen molar-refractivity contribution in [1.82, 2.24) is 0 Å². The number of ether oxygens (including phenoxy) is 10. The average molecular weight is 957 g/mol. The molecule has 8 rings (SSSR count). The van der Waals surface area contributed by atoms with Crippen molar-refractivity contribution in [1.29, 1.82) is 0 Å². The normalized spacial score (nSPS) is 53.4. The molecule has 382 valence electrons. The number of rotatable bonds is 11. The van der Waals surface area contributed by atoms with Gasteiger partial charge < -0.3 is 83.1 Å². The van der Waals surface area contributed by atoms with E-state index in [1.54, 1.807) is 34.6 Å². The maximum absolute atomic E-state index is 13.0. The number of aliphatic hydroxyl groups is 7. The van der Waals surface area contributed by atoms with Crippen LogP contribution in [0.1, 0.15) is 126 Å². The van der Waals surface area contributed by atoms with Crippen molar-refractivity contribution in [2.24, 2.45) is 16.7 Å². The fourth-order valence-electron chi connectivity index (χ4n) is 13.7. The number of hydrogen-bond donors (Lipinski definition) is 7. The summed E-state index contributed by atoms with van der Waals surface area (Å²) in [5.41, 5.74) is -6.90. The highest BCUT2D eigenvalue weighted by Crippen LogP contribution is 2.71.